The molecule has 2 aromatic rings. The lowest BCUT2D eigenvalue weighted by Gasteiger charge is -2.35. The van der Waals surface area contributed by atoms with Gasteiger partial charge in [0.2, 0.25) is 0 Å². The summed E-state index contributed by atoms with van der Waals surface area (Å²) >= 11 is 7.66. The molecular weight excluding hydrogens is 306 g/mol. The summed E-state index contributed by atoms with van der Waals surface area (Å²) in [4.78, 5) is 20.0. The van der Waals surface area contributed by atoms with Crippen LogP contribution >= 0.6 is 22.9 Å². The zero-order valence-corrected chi connectivity index (χ0v) is 13.2. The van der Waals surface area contributed by atoms with Crippen LogP contribution in [-0.2, 0) is 6.42 Å². The molecule has 21 heavy (non-hydrogen) atoms. The fourth-order valence-corrected chi connectivity index (χ4v) is 3.95. The third-order valence-electron chi connectivity index (χ3n) is 3.87. The highest BCUT2D eigenvalue weighted by Gasteiger charge is 2.31. The molecule has 2 aromatic heterocycles. The van der Waals surface area contributed by atoms with E-state index in [1.165, 1.54) is 16.6 Å². The Morgan fingerprint density at radius 3 is 3.19 bits per heavy atom. The molecule has 0 saturated heterocycles. The summed E-state index contributed by atoms with van der Waals surface area (Å²) in [6.07, 6.45) is 3.22. The highest BCUT2D eigenvalue weighted by atomic mass is 35.5. The zero-order valence-electron chi connectivity index (χ0n) is 11.7. The molecule has 2 N–H and O–H groups in total. The number of carbonyl (C=O) groups is 1. The number of pyridine rings is 1. The minimum absolute atomic E-state index is 0.0690. The largest absolute Gasteiger partial charge is 0.397 e. The predicted molar refractivity (Wildman–Crippen MR) is 85.8 cm³/mol. The van der Waals surface area contributed by atoms with E-state index >= 15 is 0 Å². The first-order valence-electron chi connectivity index (χ1n) is 6.90. The molecule has 0 aromatic carbocycles. The van der Waals surface area contributed by atoms with Crippen LogP contribution in [0.5, 0.6) is 0 Å². The number of nitrogens with zero attached hydrogens (tertiary/aromatic N) is 2. The maximum Gasteiger partial charge on any atom is 0.256 e. The first kappa shape index (κ1) is 14.4. The zero-order chi connectivity index (χ0) is 15.0. The second-order valence-corrected chi connectivity index (χ2v) is 6.45. The summed E-state index contributed by atoms with van der Waals surface area (Å²) < 4.78 is 0. The molecule has 0 bridgehead atoms. The number of amides is 1. The molecule has 0 saturated carbocycles. The van der Waals surface area contributed by atoms with Crippen molar-refractivity contribution >= 4 is 34.5 Å². The van der Waals surface area contributed by atoms with Gasteiger partial charge in [0, 0.05) is 11.4 Å². The van der Waals surface area contributed by atoms with Crippen LogP contribution in [0.4, 0.5) is 5.69 Å². The highest BCUT2D eigenvalue weighted by Crippen LogP contribution is 2.36. The van der Waals surface area contributed by atoms with Crippen molar-refractivity contribution in [1.29, 1.82) is 0 Å². The molecule has 0 spiro atoms. The van der Waals surface area contributed by atoms with E-state index < -0.39 is 0 Å². The number of aromatic nitrogens is 1. The lowest BCUT2D eigenvalue weighted by molar-refractivity contribution is 0.0658. The molecule has 1 amide bonds. The van der Waals surface area contributed by atoms with Gasteiger partial charge in [0.1, 0.15) is 5.15 Å². The van der Waals surface area contributed by atoms with Crippen molar-refractivity contribution in [3.63, 3.8) is 0 Å². The number of fused-ring (bicyclic) bond motifs is 1. The number of thiophene rings is 1. The Labute approximate surface area is 132 Å². The summed E-state index contributed by atoms with van der Waals surface area (Å²) in [6.45, 7) is 2.81. The summed E-state index contributed by atoms with van der Waals surface area (Å²) in [5, 5.41) is 2.38. The van der Waals surface area contributed by atoms with E-state index in [0.29, 0.717) is 17.8 Å². The van der Waals surface area contributed by atoms with Gasteiger partial charge in [-0.2, -0.15) is 0 Å². The Kier molecular flexibility index (Phi) is 3.87. The number of nitrogens with two attached hydrogens (primary N) is 1. The molecule has 3 heterocycles. The minimum atomic E-state index is -0.0690. The van der Waals surface area contributed by atoms with Crippen molar-refractivity contribution in [2.45, 2.75) is 25.8 Å². The van der Waals surface area contributed by atoms with Crippen LogP contribution in [0, 0.1) is 0 Å². The lowest BCUT2D eigenvalue weighted by Crippen LogP contribution is -2.39. The standard InChI is InChI=1S/C15H16ClN3OS/c1-2-12-9-4-6-21-13(9)3-5-19(12)15(20)10-7-14(16)18-8-11(10)17/h4,6-8,12H,2-3,5,17H2,1H3. The molecule has 0 fully saturated rings. The Morgan fingerprint density at radius 1 is 1.62 bits per heavy atom. The van der Waals surface area contributed by atoms with Crippen LogP contribution < -0.4 is 5.73 Å². The first-order chi connectivity index (χ1) is 10.1. The number of carbonyl (C=O) groups excluding carboxylic acids is 1. The molecule has 1 aliphatic heterocycles. The quantitative estimate of drug-likeness (QED) is 0.861. The van der Waals surface area contributed by atoms with Crippen molar-refractivity contribution in [2.24, 2.45) is 0 Å². The van der Waals surface area contributed by atoms with Crippen LogP contribution in [0.2, 0.25) is 5.15 Å². The molecule has 6 heteroatoms. The Balaban J connectivity index is 1.96. The van der Waals surface area contributed by atoms with Gasteiger partial charge in [-0.1, -0.05) is 18.5 Å². The van der Waals surface area contributed by atoms with Gasteiger partial charge < -0.3 is 10.6 Å². The van der Waals surface area contributed by atoms with Gasteiger partial charge in [-0.25, -0.2) is 4.98 Å². The van der Waals surface area contributed by atoms with Gasteiger partial charge in [0.25, 0.3) is 5.91 Å². The van der Waals surface area contributed by atoms with Gasteiger partial charge in [0.05, 0.1) is 23.5 Å². The van der Waals surface area contributed by atoms with Crippen molar-refractivity contribution in [1.82, 2.24) is 9.88 Å². The van der Waals surface area contributed by atoms with Crippen LogP contribution in [-0.4, -0.2) is 22.3 Å². The summed E-state index contributed by atoms with van der Waals surface area (Å²) in [6, 6.07) is 3.78. The maximum atomic E-state index is 12.8. The Morgan fingerprint density at radius 2 is 2.43 bits per heavy atom. The fourth-order valence-electron chi connectivity index (χ4n) is 2.86. The van der Waals surface area contributed by atoms with Gasteiger partial charge >= 0.3 is 0 Å². The highest BCUT2D eigenvalue weighted by molar-refractivity contribution is 7.10. The van der Waals surface area contributed by atoms with Crippen LogP contribution in [0.1, 0.15) is 40.2 Å². The summed E-state index contributed by atoms with van der Waals surface area (Å²) in [7, 11) is 0. The molecule has 3 rings (SSSR count). The number of hydrogen-bond donors (Lipinski definition) is 1. The molecule has 110 valence electrons. The first-order valence-corrected chi connectivity index (χ1v) is 8.15. The fraction of sp³-hybridized carbons (Fsp3) is 0.333. The monoisotopic (exact) mass is 321 g/mol. The third kappa shape index (κ3) is 2.51. The van der Waals surface area contributed by atoms with E-state index in [1.807, 2.05) is 4.90 Å². The summed E-state index contributed by atoms with van der Waals surface area (Å²) in [5.74, 6) is -0.0690. The number of rotatable bonds is 2. The molecular formula is C15H16ClN3OS. The molecule has 0 aliphatic carbocycles. The van der Waals surface area contributed by atoms with Gasteiger partial charge in [-0.15, -0.1) is 11.3 Å². The Hall–Kier alpha value is -1.59. The second kappa shape index (κ2) is 5.66. The normalized spacial score (nSPS) is 17.6. The Bertz CT molecular complexity index is 685. The molecule has 4 nitrogen and oxygen atoms in total. The topological polar surface area (TPSA) is 59.2 Å². The van der Waals surface area contributed by atoms with Gasteiger partial charge in [-0.05, 0) is 35.9 Å². The van der Waals surface area contributed by atoms with E-state index in [-0.39, 0.29) is 17.1 Å². The van der Waals surface area contributed by atoms with Crippen LogP contribution in [0.25, 0.3) is 0 Å². The summed E-state index contributed by atoms with van der Waals surface area (Å²) in [5.41, 5.74) is 7.96. The van der Waals surface area contributed by atoms with E-state index in [4.69, 9.17) is 17.3 Å². The average molecular weight is 322 g/mol. The molecule has 1 unspecified atom stereocenters. The van der Waals surface area contributed by atoms with E-state index in [2.05, 4.69) is 23.4 Å². The van der Waals surface area contributed by atoms with Crippen LogP contribution in [0.15, 0.2) is 23.7 Å². The molecule has 1 atom stereocenters. The van der Waals surface area contributed by atoms with Gasteiger partial charge in [-0.3, -0.25) is 4.79 Å². The predicted octanol–water partition coefficient (Wildman–Crippen LogP) is 3.53. The number of halogens is 1. The van der Waals surface area contributed by atoms with Crippen molar-refractivity contribution in [3.8, 4) is 0 Å². The van der Waals surface area contributed by atoms with Gasteiger partial charge in [0.15, 0.2) is 0 Å². The lowest BCUT2D eigenvalue weighted by atomic mass is 9.97. The number of anilines is 1. The number of nitrogen functional groups attached to an aromatic ring is 1. The van der Waals surface area contributed by atoms with Crippen molar-refractivity contribution in [3.05, 3.63) is 44.9 Å². The van der Waals surface area contributed by atoms with Crippen molar-refractivity contribution in [2.75, 3.05) is 12.3 Å². The van der Waals surface area contributed by atoms with Crippen LogP contribution in [0.3, 0.4) is 0 Å². The maximum absolute atomic E-state index is 12.8. The SMILES string of the molecule is CCC1c2ccsc2CCN1C(=O)c1cc(Cl)ncc1N. The second-order valence-electron chi connectivity index (χ2n) is 5.07. The minimum Gasteiger partial charge on any atom is -0.397 e. The average Bonchev–Trinajstić information content (AvgIpc) is 2.96. The van der Waals surface area contributed by atoms with E-state index in [9.17, 15) is 4.79 Å². The van der Waals surface area contributed by atoms with E-state index in [1.54, 1.807) is 17.4 Å². The molecule has 0 radical (unpaired) electrons. The number of hydrogen-bond acceptors (Lipinski definition) is 4. The van der Waals surface area contributed by atoms with E-state index in [0.717, 1.165) is 12.8 Å². The smallest absolute Gasteiger partial charge is 0.256 e. The molecule has 1 aliphatic rings. The third-order valence-corrected chi connectivity index (χ3v) is 5.08. The van der Waals surface area contributed by atoms with Crippen molar-refractivity contribution < 1.29 is 4.79 Å².